The first-order chi connectivity index (χ1) is 12.4. The van der Waals surface area contributed by atoms with E-state index >= 15 is 0 Å². The Morgan fingerprint density at radius 1 is 1.04 bits per heavy atom. The van der Waals surface area contributed by atoms with Crippen molar-refractivity contribution in [3.63, 3.8) is 0 Å². The number of hydrogen-bond donors (Lipinski definition) is 1. The fourth-order valence-electron chi connectivity index (χ4n) is 2.71. The van der Waals surface area contributed by atoms with Crippen LogP contribution < -0.4 is 5.63 Å². The number of fused-ring (bicyclic) bond motifs is 1. The minimum Gasteiger partial charge on any atom is -0.422 e. The molecule has 8 heteroatoms. The fourth-order valence-corrected chi connectivity index (χ4v) is 3.97. The molecule has 0 aliphatic rings. The van der Waals surface area contributed by atoms with E-state index in [1.807, 2.05) is 12.1 Å². The molecule has 0 spiro atoms. The van der Waals surface area contributed by atoms with Gasteiger partial charge in [-0.15, -0.1) is 0 Å². The van der Waals surface area contributed by atoms with Crippen molar-refractivity contribution < 1.29 is 4.42 Å². The van der Waals surface area contributed by atoms with Crippen LogP contribution in [0.1, 0.15) is 0 Å². The predicted octanol–water partition coefficient (Wildman–Crippen LogP) is 6.27. The van der Waals surface area contributed by atoms with E-state index in [4.69, 9.17) is 51.4 Å². The lowest BCUT2D eigenvalue weighted by molar-refractivity contribution is 0.563. The molecule has 0 amide bonds. The van der Waals surface area contributed by atoms with E-state index in [0.29, 0.717) is 42.4 Å². The van der Waals surface area contributed by atoms with Crippen molar-refractivity contribution in [2.75, 3.05) is 0 Å². The largest absolute Gasteiger partial charge is 0.422 e. The Morgan fingerprint density at radius 3 is 2.46 bits per heavy atom. The Morgan fingerprint density at radius 2 is 1.73 bits per heavy atom. The van der Waals surface area contributed by atoms with Gasteiger partial charge in [0.1, 0.15) is 5.58 Å². The van der Waals surface area contributed by atoms with Gasteiger partial charge in [0.05, 0.1) is 27.0 Å². The number of para-hydroxylation sites is 1. The summed E-state index contributed by atoms with van der Waals surface area (Å²) in [6, 6.07) is 12.2. The molecular weight excluding hydrogens is 415 g/mol. The number of H-pyrrole nitrogens is 1. The SMILES string of the molecule is O=c1oc2ccccc2cc1-c1cn(-c2c(Cl)cc(Cl)cc2Cl)c(=S)[nH]1. The lowest BCUT2D eigenvalue weighted by Crippen LogP contribution is -2.02. The highest BCUT2D eigenvalue weighted by Crippen LogP contribution is 2.33. The van der Waals surface area contributed by atoms with Gasteiger partial charge in [-0.25, -0.2) is 4.79 Å². The van der Waals surface area contributed by atoms with E-state index in [1.54, 1.807) is 41.1 Å². The zero-order valence-electron chi connectivity index (χ0n) is 12.9. The molecule has 1 N–H and O–H groups in total. The van der Waals surface area contributed by atoms with Crippen LogP contribution in [0.3, 0.4) is 0 Å². The minimum absolute atomic E-state index is 0.332. The highest BCUT2D eigenvalue weighted by atomic mass is 35.5. The summed E-state index contributed by atoms with van der Waals surface area (Å²) in [7, 11) is 0. The maximum atomic E-state index is 12.4. The fraction of sp³-hybridized carbons (Fsp3) is 0. The third-order valence-electron chi connectivity index (χ3n) is 3.87. The summed E-state index contributed by atoms with van der Waals surface area (Å²) < 4.78 is 7.31. The van der Waals surface area contributed by atoms with Gasteiger partial charge in [-0.05, 0) is 36.5 Å². The van der Waals surface area contributed by atoms with E-state index < -0.39 is 5.63 Å². The molecule has 0 saturated carbocycles. The molecule has 130 valence electrons. The van der Waals surface area contributed by atoms with Crippen LogP contribution in [0.4, 0.5) is 0 Å². The highest BCUT2D eigenvalue weighted by molar-refractivity contribution is 7.71. The normalized spacial score (nSPS) is 11.2. The van der Waals surface area contributed by atoms with Gasteiger partial charge in [0.25, 0.3) is 0 Å². The maximum Gasteiger partial charge on any atom is 0.345 e. The summed E-state index contributed by atoms with van der Waals surface area (Å²) in [6.07, 6.45) is 1.66. The number of aromatic amines is 1. The second kappa shape index (κ2) is 6.59. The molecule has 4 aromatic rings. The Hall–Kier alpha value is -2.05. The average Bonchev–Trinajstić information content (AvgIpc) is 2.94. The second-order valence-electron chi connectivity index (χ2n) is 5.55. The number of aromatic nitrogens is 2. The van der Waals surface area contributed by atoms with Gasteiger partial charge in [-0.3, -0.25) is 4.57 Å². The zero-order valence-corrected chi connectivity index (χ0v) is 16.0. The second-order valence-corrected chi connectivity index (χ2v) is 7.18. The van der Waals surface area contributed by atoms with E-state index in [9.17, 15) is 4.79 Å². The molecule has 4 rings (SSSR count). The van der Waals surface area contributed by atoms with Gasteiger partial charge >= 0.3 is 5.63 Å². The van der Waals surface area contributed by atoms with E-state index in [0.717, 1.165) is 5.39 Å². The lowest BCUT2D eigenvalue weighted by atomic mass is 10.1. The Bertz CT molecular complexity index is 1250. The quantitative estimate of drug-likeness (QED) is 0.305. The van der Waals surface area contributed by atoms with Crippen molar-refractivity contribution in [2.24, 2.45) is 0 Å². The van der Waals surface area contributed by atoms with Crippen molar-refractivity contribution in [1.82, 2.24) is 9.55 Å². The smallest absolute Gasteiger partial charge is 0.345 e. The molecule has 0 bridgehead atoms. The third kappa shape index (κ3) is 2.97. The average molecular weight is 424 g/mol. The Balaban J connectivity index is 1.92. The van der Waals surface area contributed by atoms with Crippen molar-refractivity contribution in [3.8, 4) is 16.9 Å². The molecular formula is C18H9Cl3N2O2S. The molecule has 0 atom stereocenters. The van der Waals surface area contributed by atoms with Crippen LogP contribution >= 0.6 is 47.0 Å². The number of hydrogen-bond acceptors (Lipinski definition) is 3. The Kier molecular flexibility index (Phi) is 4.40. The van der Waals surface area contributed by atoms with E-state index in [2.05, 4.69) is 4.98 Å². The predicted molar refractivity (Wildman–Crippen MR) is 107 cm³/mol. The number of nitrogens with zero attached hydrogens (tertiary/aromatic N) is 1. The van der Waals surface area contributed by atoms with Crippen molar-refractivity contribution >= 4 is 58.0 Å². The summed E-state index contributed by atoms with van der Waals surface area (Å²) in [5.41, 5.74) is 1.38. The van der Waals surface area contributed by atoms with Crippen LogP contribution in [0.5, 0.6) is 0 Å². The first-order valence-corrected chi connectivity index (χ1v) is 8.98. The zero-order chi connectivity index (χ0) is 18.4. The number of halogens is 3. The molecule has 2 heterocycles. The molecule has 0 fully saturated rings. The number of imidazole rings is 1. The van der Waals surface area contributed by atoms with Crippen molar-refractivity contribution in [1.29, 1.82) is 0 Å². The van der Waals surface area contributed by atoms with Crippen LogP contribution in [-0.2, 0) is 0 Å². The molecule has 2 aromatic heterocycles. The van der Waals surface area contributed by atoms with Crippen LogP contribution in [0, 0.1) is 4.77 Å². The molecule has 0 unspecified atom stereocenters. The van der Waals surface area contributed by atoms with Gasteiger partial charge in [-0.2, -0.15) is 0 Å². The first kappa shape index (κ1) is 17.4. The molecule has 0 saturated heterocycles. The van der Waals surface area contributed by atoms with E-state index in [1.165, 1.54) is 0 Å². The number of benzene rings is 2. The van der Waals surface area contributed by atoms with Crippen LogP contribution in [0.25, 0.3) is 27.9 Å². The van der Waals surface area contributed by atoms with E-state index in [-0.39, 0.29) is 0 Å². The monoisotopic (exact) mass is 422 g/mol. The topological polar surface area (TPSA) is 50.9 Å². The van der Waals surface area contributed by atoms with Crippen LogP contribution in [0.15, 0.2) is 57.9 Å². The summed E-state index contributed by atoms with van der Waals surface area (Å²) in [4.78, 5) is 15.4. The molecule has 26 heavy (non-hydrogen) atoms. The standard InChI is InChI=1S/C18H9Cl3N2O2S/c19-10-6-12(20)16(13(21)7-10)23-8-14(22-18(23)26)11-5-9-3-1-2-4-15(9)25-17(11)24/h1-8H,(H,22,26). The van der Waals surface area contributed by atoms with Crippen molar-refractivity contribution in [3.05, 3.63) is 78.9 Å². The molecule has 0 radical (unpaired) electrons. The summed E-state index contributed by atoms with van der Waals surface area (Å²) in [5.74, 6) is 0. The minimum atomic E-state index is -0.472. The Labute approximate surface area is 167 Å². The number of nitrogens with one attached hydrogen (secondary N) is 1. The van der Waals surface area contributed by atoms with Gasteiger partial charge in [0.15, 0.2) is 4.77 Å². The lowest BCUT2D eigenvalue weighted by Gasteiger charge is -2.08. The molecule has 0 aliphatic heterocycles. The summed E-state index contributed by atoms with van der Waals surface area (Å²) >= 11 is 23.9. The van der Waals surface area contributed by atoms with Gasteiger partial charge in [0, 0.05) is 16.6 Å². The summed E-state index contributed by atoms with van der Waals surface area (Å²) in [5, 5.41) is 1.90. The maximum absolute atomic E-state index is 12.4. The van der Waals surface area contributed by atoms with Crippen LogP contribution in [-0.4, -0.2) is 9.55 Å². The molecule has 4 nitrogen and oxygen atoms in total. The van der Waals surface area contributed by atoms with Gasteiger partial charge in [0.2, 0.25) is 0 Å². The summed E-state index contributed by atoms with van der Waals surface area (Å²) in [6.45, 7) is 0. The molecule has 0 aliphatic carbocycles. The van der Waals surface area contributed by atoms with Crippen LogP contribution in [0.2, 0.25) is 15.1 Å². The van der Waals surface area contributed by atoms with Crippen molar-refractivity contribution in [2.45, 2.75) is 0 Å². The highest BCUT2D eigenvalue weighted by Gasteiger charge is 2.15. The van der Waals surface area contributed by atoms with Gasteiger partial charge in [-0.1, -0.05) is 53.0 Å². The van der Waals surface area contributed by atoms with Gasteiger partial charge < -0.3 is 9.40 Å². The number of rotatable bonds is 2. The molecule has 2 aromatic carbocycles. The first-order valence-electron chi connectivity index (χ1n) is 7.44. The third-order valence-corrected chi connectivity index (χ3v) is 4.97.